The van der Waals surface area contributed by atoms with E-state index < -0.39 is 18.0 Å². The van der Waals surface area contributed by atoms with Gasteiger partial charge in [0.1, 0.15) is 5.82 Å². The Morgan fingerprint density at radius 2 is 1.88 bits per heavy atom. The van der Waals surface area contributed by atoms with Gasteiger partial charge < -0.3 is 14.6 Å². The molecule has 33 heavy (non-hydrogen) atoms. The zero-order valence-corrected chi connectivity index (χ0v) is 21.7. The molecule has 1 heterocycles. The van der Waals surface area contributed by atoms with E-state index in [4.69, 9.17) is 19.6 Å². The van der Waals surface area contributed by atoms with Crippen LogP contribution in [0.4, 0.5) is 0 Å². The standard InChI is InChI=1S/C23H23Br2N3O5/c1-5-32-18-8-13(16(25)10-19(18)33-12-20(29)30)11-26-28-21(31)15-9-14(24)6-7-17(15)27-22(28)23(2,3)4/h6-11H,5,12H2,1-4H3,(H,29,30). The smallest absolute Gasteiger partial charge is 0.341 e. The molecule has 0 radical (unpaired) electrons. The van der Waals surface area contributed by atoms with Gasteiger partial charge in [0.25, 0.3) is 5.56 Å². The lowest BCUT2D eigenvalue weighted by atomic mass is 9.95. The highest BCUT2D eigenvalue weighted by Gasteiger charge is 2.23. The minimum Gasteiger partial charge on any atom is -0.490 e. The van der Waals surface area contributed by atoms with Crippen molar-refractivity contribution in [3.05, 3.63) is 61.0 Å². The van der Waals surface area contributed by atoms with Crippen molar-refractivity contribution in [1.29, 1.82) is 0 Å². The highest BCUT2D eigenvalue weighted by atomic mass is 79.9. The summed E-state index contributed by atoms with van der Waals surface area (Å²) in [4.78, 5) is 28.9. The van der Waals surface area contributed by atoms with Crippen LogP contribution in [0.5, 0.6) is 11.5 Å². The molecule has 8 nitrogen and oxygen atoms in total. The van der Waals surface area contributed by atoms with Gasteiger partial charge in [-0.1, -0.05) is 36.7 Å². The lowest BCUT2D eigenvalue weighted by molar-refractivity contribution is -0.139. The van der Waals surface area contributed by atoms with Gasteiger partial charge in [0.2, 0.25) is 0 Å². The zero-order valence-electron chi connectivity index (χ0n) is 18.6. The van der Waals surface area contributed by atoms with Crippen LogP contribution in [0.15, 0.2) is 49.2 Å². The number of carboxylic acid groups (broad SMARTS) is 1. The van der Waals surface area contributed by atoms with E-state index >= 15 is 0 Å². The van der Waals surface area contributed by atoms with Gasteiger partial charge in [-0.3, -0.25) is 4.79 Å². The van der Waals surface area contributed by atoms with Gasteiger partial charge in [-0.05, 0) is 53.2 Å². The Balaban J connectivity index is 2.13. The van der Waals surface area contributed by atoms with Crippen molar-refractivity contribution in [3.63, 3.8) is 0 Å². The third-order valence-corrected chi connectivity index (χ3v) is 5.69. The number of nitrogens with zero attached hydrogens (tertiary/aromatic N) is 3. The van der Waals surface area contributed by atoms with E-state index in [1.165, 1.54) is 10.9 Å². The highest BCUT2D eigenvalue weighted by molar-refractivity contribution is 9.10. The number of aliphatic carboxylic acids is 1. The molecule has 0 saturated carbocycles. The first-order valence-corrected chi connectivity index (χ1v) is 11.7. The molecule has 10 heteroatoms. The molecule has 0 unspecified atom stereocenters. The molecule has 2 aromatic carbocycles. The molecule has 0 aliphatic heterocycles. The highest BCUT2D eigenvalue weighted by Crippen LogP contribution is 2.33. The minimum absolute atomic E-state index is 0.285. The summed E-state index contributed by atoms with van der Waals surface area (Å²) >= 11 is 6.86. The SMILES string of the molecule is CCOc1cc(C=Nn2c(C(C)(C)C)nc3ccc(Br)cc3c2=O)c(Br)cc1OCC(=O)O. The molecule has 0 saturated heterocycles. The van der Waals surface area contributed by atoms with E-state index in [1.54, 1.807) is 24.3 Å². The fraction of sp³-hybridized carbons (Fsp3) is 0.304. The van der Waals surface area contributed by atoms with Crippen LogP contribution >= 0.6 is 31.9 Å². The average molecular weight is 581 g/mol. The molecule has 0 fully saturated rings. The van der Waals surface area contributed by atoms with Crippen LogP contribution in [0.1, 0.15) is 39.1 Å². The average Bonchev–Trinajstić information content (AvgIpc) is 2.73. The Kier molecular flexibility index (Phi) is 7.58. The van der Waals surface area contributed by atoms with Crippen LogP contribution < -0.4 is 15.0 Å². The molecule has 3 rings (SSSR count). The van der Waals surface area contributed by atoms with Gasteiger partial charge in [-0.2, -0.15) is 9.78 Å². The number of carbonyl (C=O) groups is 1. The second kappa shape index (κ2) is 10.0. The predicted molar refractivity (Wildman–Crippen MR) is 134 cm³/mol. The largest absolute Gasteiger partial charge is 0.490 e. The normalized spacial score (nSPS) is 11.8. The predicted octanol–water partition coefficient (Wildman–Crippen LogP) is 4.96. The summed E-state index contributed by atoms with van der Waals surface area (Å²) in [6.07, 6.45) is 1.52. The van der Waals surface area contributed by atoms with Crippen LogP contribution in [0.2, 0.25) is 0 Å². The maximum absolute atomic E-state index is 13.3. The molecule has 0 aliphatic carbocycles. The fourth-order valence-corrected chi connectivity index (χ4v) is 3.82. The molecule has 1 N–H and O–H groups in total. The summed E-state index contributed by atoms with van der Waals surface area (Å²) in [6.45, 7) is 7.56. The number of carboxylic acids is 1. The Morgan fingerprint density at radius 3 is 2.52 bits per heavy atom. The fourth-order valence-electron chi connectivity index (χ4n) is 3.03. The van der Waals surface area contributed by atoms with Gasteiger partial charge in [0.05, 0.1) is 23.7 Å². The number of rotatable bonds is 7. The Bertz CT molecular complexity index is 1300. The molecular formula is C23H23Br2N3O5. The number of hydrogen-bond donors (Lipinski definition) is 1. The maximum atomic E-state index is 13.3. The summed E-state index contributed by atoms with van der Waals surface area (Å²) < 4.78 is 13.6. The van der Waals surface area contributed by atoms with Gasteiger partial charge in [-0.25, -0.2) is 9.78 Å². The molecular weight excluding hydrogens is 558 g/mol. The molecule has 0 atom stereocenters. The number of hydrogen-bond acceptors (Lipinski definition) is 6. The van der Waals surface area contributed by atoms with Crippen LogP contribution in [0.3, 0.4) is 0 Å². The molecule has 3 aromatic rings. The Hall–Kier alpha value is -2.72. The van der Waals surface area contributed by atoms with Crippen LogP contribution in [-0.2, 0) is 10.2 Å². The van der Waals surface area contributed by atoms with Crippen LogP contribution in [-0.4, -0.2) is 40.2 Å². The molecule has 0 bridgehead atoms. The molecule has 0 spiro atoms. The summed E-state index contributed by atoms with van der Waals surface area (Å²) in [6, 6.07) is 8.64. The van der Waals surface area contributed by atoms with Crippen molar-refractivity contribution in [1.82, 2.24) is 9.66 Å². The number of aromatic nitrogens is 2. The second-order valence-corrected chi connectivity index (χ2v) is 9.91. The molecule has 0 aliphatic rings. The lowest BCUT2D eigenvalue weighted by Crippen LogP contribution is -2.29. The minimum atomic E-state index is -1.09. The Labute approximate surface area is 207 Å². The van der Waals surface area contributed by atoms with Crippen molar-refractivity contribution in [2.24, 2.45) is 5.10 Å². The number of fused-ring (bicyclic) bond motifs is 1. The van der Waals surface area contributed by atoms with E-state index in [2.05, 4.69) is 37.0 Å². The summed E-state index contributed by atoms with van der Waals surface area (Å²) in [5.74, 6) is 0.0743. The first-order valence-electron chi connectivity index (χ1n) is 10.1. The van der Waals surface area contributed by atoms with E-state index in [-0.39, 0.29) is 11.3 Å². The van der Waals surface area contributed by atoms with Crippen molar-refractivity contribution in [2.75, 3.05) is 13.2 Å². The molecule has 0 amide bonds. The lowest BCUT2D eigenvalue weighted by Gasteiger charge is -2.21. The number of benzene rings is 2. The van der Waals surface area contributed by atoms with Gasteiger partial charge in [0.15, 0.2) is 18.1 Å². The quantitative estimate of drug-likeness (QED) is 0.396. The first kappa shape index (κ1) is 24.9. The number of ether oxygens (including phenoxy) is 2. The molecule has 1 aromatic heterocycles. The summed E-state index contributed by atoms with van der Waals surface area (Å²) in [7, 11) is 0. The molecule has 174 valence electrons. The van der Waals surface area contributed by atoms with Gasteiger partial charge in [-0.15, -0.1) is 0 Å². The van der Waals surface area contributed by atoms with E-state index in [1.807, 2.05) is 33.8 Å². The zero-order chi connectivity index (χ0) is 24.3. The van der Waals surface area contributed by atoms with Crippen molar-refractivity contribution >= 4 is 54.9 Å². The van der Waals surface area contributed by atoms with Crippen molar-refractivity contribution < 1.29 is 19.4 Å². The first-order chi connectivity index (χ1) is 15.5. The van der Waals surface area contributed by atoms with Crippen molar-refractivity contribution in [2.45, 2.75) is 33.1 Å². The van der Waals surface area contributed by atoms with Crippen molar-refractivity contribution in [3.8, 4) is 11.5 Å². The van der Waals surface area contributed by atoms with Gasteiger partial charge in [0, 0.05) is 19.9 Å². The van der Waals surface area contributed by atoms with Crippen LogP contribution in [0.25, 0.3) is 10.9 Å². The third-order valence-electron chi connectivity index (χ3n) is 4.51. The Morgan fingerprint density at radius 1 is 1.18 bits per heavy atom. The monoisotopic (exact) mass is 579 g/mol. The van der Waals surface area contributed by atoms with E-state index in [0.29, 0.717) is 39.1 Å². The van der Waals surface area contributed by atoms with Gasteiger partial charge >= 0.3 is 5.97 Å². The van der Waals surface area contributed by atoms with Crippen LogP contribution in [0, 0.1) is 0 Å². The summed E-state index contributed by atoms with van der Waals surface area (Å²) in [5, 5.41) is 13.8. The topological polar surface area (TPSA) is 103 Å². The third kappa shape index (κ3) is 5.80. The maximum Gasteiger partial charge on any atom is 0.341 e. The summed E-state index contributed by atoms with van der Waals surface area (Å²) in [5.41, 5.74) is 0.478. The number of halogens is 2. The van der Waals surface area contributed by atoms with E-state index in [9.17, 15) is 9.59 Å². The van der Waals surface area contributed by atoms with E-state index in [0.717, 1.165) is 4.47 Å². The second-order valence-electron chi connectivity index (χ2n) is 8.14.